The minimum absolute atomic E-state index is 0. The lowest BCUT2D eigenvalue weighted by Gasteiger charge is -2.11. The lowest BCUT2D eigenvalue weighted by atomic mass is 10.2. The van der Waals surface area contributed by atoms with Crippen molar-refractivity contribution in [2.24, 2.45) is 4.99 Å². The molecule has 0 unspecified atom stereocenters. The maximum absolute atomic E-state index is 5.91. The van der Waals surface area contributed by atoms with Gasteiger partial charge in [-0.05, 0) is 36.6 Å². The van der Waals surface area contributed by atoms with Crippen molar-refractivity contribution >= 4 is 64.5 Å². The molecule has 4 nitrogen and oxygen atoms in total. The molecule has 0 atom stereocenters. The lowest BCUT2D eigenvalue weighted by molar-refractivity contribution is 0.786. The van der Waals surface area contributed by atoms with Gasteiger partial charge in [-0.25, -0.2) is 4.98 Å². The van der Waals surface area contributed by atoms with Crippen molar-refractivity contribution in [2.45, 2.75) is 12.8 Å². The molecular formula is C15H19Cl2IN4S. The Labute approximate surface area is 167 Å². The van der Waals surface area contributed by atoms with Gasteiger partial charge in [0.05, 0.1) is 4.34 Å². The van der Waals surface area contributed by atoms with Gasteiger partial charge in [0, 0.05) is 31.2 Å². The molecule has 23 heavy (non-hydrogen) atoms. The number of guanidine groups is 1. The molecule has 0 aromatic carbocycles. The molecule has 2 heterocycles. The van der Waals surface area contributed by atoms with Gasteiger partial charge < -0.3 is 10.6 Å². The zero-order chi connectivity index (χ0) is 15.8. The van der Waals surface area contributed by atoms with E-state index in [1.807, 2.05) is 12.1 Å². The van der Waals surface area contributed by atoms with E-state index in [0.29, 0.717) is 5.15 Å². The van der Waals surface area contributed by atoms with Gasteiger partial charge in [-0.1, -0.05) is 29.3 Å². The van der Waals surface area contributed by atoms with Gasteiger partial charge in [-0.15, -0.1) is 35.3 Å². The first kappa shape index (κ1) is 20.5. The van der Waals surface area contributed by atoms with Crippen molar-refractivity contribution in [2.75, 3.05) is 20.1 Å². The number of hydrogen-bond acceptors (Lipinski definition) is 3. The van der Waals surface area contributed by atoms with Crippen LogP contribution in [0.5, 0.6) is 0 Å². The average molecular weight is 485 g/mol. The maximum atomic E-state index is 5.91. The van der Waals surface area contributed by atoms with E-state index in [2.05, 4.69) is 26.7 Å². The van der Waals surface area contributed by atoms with E-state index < -0.39 is 0 Å². The molecule has 2 aromatic heterocycles. The molecule has 0 bridgehead atoms. The van der Waals surface area contributed by atoms with Gasteiger partial charge >= 0.3 is 0 Å². The van der Waals surface area contributed by atoms with Crippen molar-refractivity contribution in [3.05, 3.63) is 50.4 Å². The van der Waals surface area contributed by atoms with Crippen LogP contribution in [0.25, 0.3) is 0 Å². The zero-order valence-corrected chi connectivity index (χ0v) is 17.3. The Kier molecular flexibility index (Phi) is 9.85. The molecule has 0 saturated heterocycles. The number of halogens is 3. The van der Waals surface area contributed by atoms with E-state index in [1.165, 1.54) is 4.88 Å². The molecular weight excluding hydrogens is 466 g/mol. The topological polar surface area (TPSA) is 49.3 Å². The number of pyridine rings is 1. The van der Waals surface area contributed by atoms with Crippen LogP contribution in [0.1, 0.15) is 10.4 Å². The van der Waals surface area contributed by atoms with Crippen LogP contribution < -0.4 is 10.6 Å². The maximum Gasteiger partial charge on any atom is 0.190 e. The van der Waals surface area contributed by atoms with E-state index in [0.717, 1.165) is 41.8 Å². The highest BCUT2D eigenvalue weighted by Gasteiger charge is 2.01. The van der Waals surface area contributed by atoms with Gasteiger partial charge in [-0.3, -0.25) is 4.99 Å². The smallest absolute Gasteiger partial charge is 0.190 e. The van der Waals surface area contributed by atoms with Crippen molar-refractivity contribution in [3.8, 4) is 0 Å². The Hall–Kier alpha value is -0.570. The summed E-state index contributed by atoms with van der Waals surface area (Å²) in [5.74, 6) is 0.796. The van der Waals surface area contributed by atoms with Crippen LogP contribution in [-0.4, -0.2) is 31.1 Å². The molecule has 0 radical (unpaired) electrons. The number of thiophene rings is 1. The molecule has 8 heteroatoms. The van der Waals surface area contributed by atoms with Gasteiger partial charge in [0.25, 0.3) is 0 Å². The quantitative estimate of drug-likeness (QED) is 0.282. The van der Waals surface area contributed by atoms with Crippen LogP contribution >= 0.6 is 58.5 Å². The van der Waals surface area contributed by atoms with E-state index in [9.17, 15) is 0 Å². The summed E-state index contributed by atoms with van der Waals surface area (Å²) in [4.78, 5) is 9.53. The summed E-state index contributed by atoms with van der Waals surface area (Å²) in [6, 6.07) is 7.76. The first-order chi connectivity index (χ1) is 10.7. The average Bonchev–Trinajstić information content (AvgIpc) is 2.93. The first-order valence-electron chi connectivity index (χ1n) is 6.96. The highest BCUT2D eigenvalue weighted by Crippen LogP contribution is 2.21. The van der Waals surface area contributed by atoms with E-state index in [-0.39, 0.29) is 24.0 Å². The van der Waals surface area contributed by atoms with Crippen LogP contribution in [-0.2, 0) is 12.8 Å². The Balaban J connectivity index is 0.00000264. The summed E-state index contributed by atoms with van der Waals surface area (Å²) < 4.78 is 0.828. The number of nitrogens with zero attached hydrogens (tertiary/aromatic N) is 2. The number of nitrogens with one attached hydrogen (secondary N) is 2. The third kappa shape index (κ3) is 7.69. The standard InChI is InChI=1S/C15H18Cl2N4S.HI/c1-18-15(20-9-7-12-3-5-14(17)22-12)19-8-6-11-2-4-13(16)21-10-11;/h2-5,10H,6-9H2,1H3,(H2,18,19,20);1H. The fourth-order valence-corrected chi connectivity index (χ4v) is 3.09. The monoisotopic (exact) mass is 484 g/mol. The van der Waals surface area contributed by atoms with Gasteiger partial charge in [-0.2, -0.15) is 0 Å². The summed E-state index contributed by atoms with van der Waals surface area (Å²) in [7, 11) is 1.77. The second-order valence-electron chi connectivity index (χ2n) is 4.62. The summed E-state index contributed by atoms with van der Waals surface area (Å²) in [5, 5.41) is 7.08. The number of rotatable bonds is 6. The molecule has 126 valence electrons. The van der Waals surface area contributed by atoms with E-state index in [4.69, 9.17) is 23.2 Å². The van der Waals surface area contributed by atoms with E-state index >= 15 is 0 Å². The Morgan fingerprint density at radius 2 is 1.87 bits per heavy atom. The molecule has 2 N–H and O–H groups in total. The van der Waals surface area contributed by atoms with Crippen LogP contribution in [0.4, 0.5) is 0 Å². The molecule has 0 fully saturated rings. The predicted molar refractivity (Wildman–Crippen MR) is 111 cm³/mol. The third-order valence-electron chi connectivity index (χ3n) is 3.01. The second-order valence-corrected chi connectivity index (χ2v) is 6.81. The van der Waals surface area contributed by atoms with Crippen LogP contribution in [0, 0.1) is 0 Å². The second kappa shape index (κ2) is 11.1. The number of aliphatic imine (C=N–C) groups is 1. The third-order valence-corrected chi connectivity index (χ3v) is 4.53. The van der Waals surface area contributed by atoms with Crippen molar-refractivity contribution in [1.82, 2.24) is 15.6 Å². The molecule has 2 aromatic rings. The van der Waals surface area contributed by atoms with Gasteiger partial charge in [0.2, 0.25) is 0 Å². The molecule has 2 rings (SSSR count). The number of hydrogen-bond donors (Lipinski definition) is 2. The largest absolute Gasteiger partial charge is 0.356 e. The minimum atomic E-state index is 0. The van der Waals surface area contributed by atoms with Crippen molar-refractivity contribution < 1.29 is 0 Å². The molecule has 0 aliphatic rings. The Morgan fingerprint density at radius 1 is 1.13 bits per heavy atom. The van der Waals surface area contributed by atoms with Crippen LogP contribution in [0.3, 0.4) is 0 Å². The predicted octanol–water partition coefficient (Wildman–Crippen LogP) is 4.02. The highest BCUT2D eigenvalue weighted by atomic mass is 127. The summed E-state index contributed by atoms with van der Waals surface area (Å²) >= 11 is 13.3. The van der Waals surface area contributed by atoms with Gasteiger partial charge in [0.15, 0.2) is 5.96 Å². The fourth-order valence-electron chi connectivity index (χ4n) is 1.89. The molecule has 0 saturated carbocycles. The first-order valence-corrected chi connectivity index (χ1v) is 8.54. The molecule has 0 aliphatic heterocycles. The summed E-state index contributed by atoms with van der Waals surface area (Å²) in [5.41, 5.74) is 1.14. The van der Waals surface area contributed by atoms with E-state index in [1.54, 1.807) is 30.6 Å². The van der Waals surface area contributed by atoms with Crippen molar-refractivity contribution in [1.29, 1.82) is 0 Å². The lowest BCUT2D eigenvalue weighted by Crippen LogP contribution is -2.39. The molecule has 0 aliphatic carbocycles. The number of aromatic nitrogens is 1. The minimum Gasteiger partial charge on any atom is -0.356 e. The van der Waals surface area contributed by atoms with Crippen LogP contribution in [0.2, 0.25) is 9.49 Å². The van der Waals surface area contributed by atoms with Gasteiger partial charge in [0.1, 0.15) is 5.15 Å². The molecule has 0 spiro atoms. The Morgan fingerprint density at radius 3 is 2.43 bits per heavy atom. The fraction of sp³-hybridized carbons (Fsp3) is 0.333. The summed E-state index contributed by atoms with van der Waals surface area (Å²) in [6.07, 6.45) is 3.59. The Bertz CT molecular complexity index is 616. The summed E-state index contributed by atoms with van der Waals surface area (Å²) in [6.45, 7) is 1.60. The zero-order valence-electron chi connectivity index (χ0n) is 12.7. The van der Waals surface area contributed by atoms with Crippen LogP contribution in [0.15, 0.2) is 35.5 Å². The SMILES string of the molecule is CN=C(NCCc1ccc(Cl)nc1)NCCc1ccc(Cl)s1.I. The molecule has 0 amide bonds. The normalized spacial score (nSPS) is 11.0. The van der Waals surface area contributed by atoms with Crippen molar-refractivity contribution in [3.63, 3.8) is 0 Å². The highest BCUT2D eigenvalue weighted by molar-refractivity contribution is 14.0.